The van der Waals surface area contributed by atoms with Crippen molar-refractivity contribution in [1.29, 1.82) is 0 Å². The minimum absolute atomic E-state index is 0.352. The normalized spacial score (nSPS) is 29.3. The molecule has 0 aromatic rings. The Morgan fingerprint density at radius 1 is 1.29 bits per heavy atom. The van der Waals surface area contributed by atoms with Crippen molar-refractivity contribution in [2.75, 3.05) is 13.7 Å². The summed E-state index contributed by atoms with van der Waals surface area (Å²) in [6.07, 6.45) is 5.89. The molecule has 0 bridgehead atoms. The van der Waals surface area contributed by atoms with Crippen molar-refractivity contribution in [2.24, 2.45) is 17.8 Å². The summed E-state index contributed by atoms with van der Waals surface area (Å²) >= 11 is 0. The number of rotatable bonds is 6. The number of ether oxygens (including phenoxy) is 1. The Labute approximate surface area is 108 Å². The lowest BCUT2D eigenvalue weighted by Gasteiger charge is -2.39. The molecule has 0 amide bonds. The van der Waals surface area contributed by atoms with Gasteiger partial charge in [0.2, 0.25) is 0 Å². The first kappa shape index (κ1) is 15.0. The molecule has 1 N–H and O–H groups in total. The highest BCUT2D eigenvalue weighted by molar-refractivity contribution is 4.88. The van der Waals surface area contributed by atoms with E-state index >= 15 is 0 Å². The molecule has 1 rings (SSSR count). The van der Waals surface area contributed by atoms with E-state index in [1.54, 1.807) is 0 Å². The van der Waals surface area contributed by atoms with Gasteiger partial charge in [0.1, 0.15) is 0 Å². The van der Waals surface area contributed by atoms with E-state index in [0.29, 0.717) is 18.1 Å². The summed E-state index contributed by atoms with van der Waals surface area (Å²) in [6.45, 7) is 10.2. The van der Waals surface area contributed by atoms with Crippen molar-refractivity contribution in [1.82, 2.24) is 5.32 Å². The lowest BCUT2D eigenvalue weighted by atomic mass is 9.75. The van der Waals surface area contributed by atoms with E-state index in [1.165, 1.54) is 25.7 Å². The van der Waals surface area contributed by atoms with Crippen LogP contribution in [0, 0.1) is 17.8 Å². The molecule has 0 aromatic heterocycles. The van der Waals surface area contributed by atoms with Crippen LogP contribution in [0.4, 0.5) is 0 Å². The van der Waals surface area contributed by atoms with E-state index in [1.807, 2.05) is 7.11 Å². The van der Waals surface area contributed by atoms with Gasteiger partial charge in [-0.15, -0.1) is 0 Å². The smallest absolute Gasteiger partial charge is 0.0749 e. The Morgan fingerprint density at radius 2 is 2.00 bits per heavy atom. The number of hydrogen-bond donors (Lipinski definition) is 1. The van der Waals surface area contributed by atoms with Gasteiger partial charge in [0.05, 0.1) is 6.10 Å². The second kappa shape index (κ2) is 7.38. The Bertz CT molecular complexity index is 205. The molecule has 1 aliphatic carbocycles. The van der Waals surface area contributed by atoms with Gasteiger partial charge in [-0.2, -0.15) is 0 Å². The molecule has 0 aliphatic heterocycles. The third kappa shape index (κ3) is 4.26. The van der Waals surface area contributed by atoms with Gasteiger partial charge in [-0.25, -0.2) is 0 Å². The maximum atomic E-state index is 5.75. The van der Waals surface area contributed by atoms with E-state index in [4.69, 9.17) is 4.74 Å². The summed E-state index contributed by atoms with van der Waals surface area (Å²) in [4.78, 5) is 0. The maximum Gasteiger partial charge on any atom is 0.0749 e. The zero-order valence-corrected chi connectivity index (χ0v) is 12.3. The molecule has 0 aromatic carbocycles. The first-order valence-electron chi connectivity index (χ1n) is 7.36. The zero-order valence-electron chi connectivity index (χ0n) is 12.3. The number of methoxy groups -OCH3 is 1. The summed E-state index contributed by atoms with van der Waals surface area (Å²) in [5, 5.41) is 3.68. The predicted molar refractivity (Wildman–Crippen MR) is 74.2 cm³/mol. The molecule has 4 atom stereocenters. The van der Waals surface area contributed by atoms with Crippen molar-refractivity contribution < 1.29 is 4.74 Å². The number of hydrogen-bond acceptors (Lipinski definition) is 2. The Kier molecular flexibility index (Phi) is 6.50. The van der Waals surface area contributed by atoms with Gasteiger partial charge in [-0.1, -0.05) is 40.5 Å². The van der Waals surface area contributed by atoms with E-state index in [0.717, 1.165) is 18.4 Å². The molecule has 102 valence electrons. The topological polar surface area (TPSA) is 21.3 Å². The highest BCUT2D eigenvalue weighted by atomic mass is 16.5. The highest BCUT2D eigenvalue weighted by Crippen LogP contribution is 2.33. The van der Waals surface area contributed by atoms with Crippen molar-refractivity contribution >= 4 is 0 Å². The van der Waals surface area contributed by atoms with Gasteiger partial charge in [-0.05, 0) is 37.1 Å². The molecule has 4 unspecified atom stereocenters. The molecule has 17 heavy (non-hydrogen) atoms. The molecule has 0 saturated heterocycles. The first-order valence-corrected chi connectivity index (χ1v) is 7.36. The average molecular weight is 241 g/mol. The molecule has 0 heterocycles. The Morgan fingerprint density at radius 3 is 2.47 bits per heavy atom. The lowest BCUT2D eigenvalue weighted by molar-refractivity contribution is 0.00543. The van der Waals surface area contributed by atoms with Crippen molar-refractivity contribution in [2.45, 2.75) is 65.5 Å². The fourth-order valence-electron chi connectivity index (χ4n) is 3.43. The van der Waals surface area contributed by atoms with E-state index in [9.17, 15) is 0 Å². The zero-order chi connectivity index (χ0) is 12.8. The van der Waals surface area contributed by atoms with Crippen LogP contribution >= 0.6 is 0 Å². The van der Waals surface area contributed by atoms with Crippen LogP contribution in [0.1, 0.15) is 53.4 Å². The Hall–Kier alpha value is -0.0800. The summed E-state index contributed by atoms with van der Waals surface area (Å²) in [7, 11) is 1.86. The number of nitrogens with one attached hydrogen (secondary N) is 1. The summed E-state index contributed by atoms with van der Waals surface area (Å²) in [5.41, 5.74) is 0. The molecular weight excluding hydrogens is 210 g/mol. The Balaban J connectivity index is 2.68. The summed E-state index contributed by atoms with van der Waals surface area (Å²) in [5.74, 6) is 2.27. The molecular formula is C15H31NO. The molecule has 1 fully saturated rings. The fraction of sp³-hybridized carbons (Fsp3) is 1.00. The van der Waals surface area contributed by atoms with Gasteiger partial charge in [0, 0.05) is 13.2 Å². The van der Waals surface area contributed by atoms with Crippen molar-refractivity contribution in [3.05, 3.63) is 0 Å². The first-order chi connectivity index (χ1) is 8.10. The standard InChI is InChI=1S/C15H31NO/c1-6-16-14(15(17-5)11(2)3)13-9-7-8-12(4)10-13/h11-16H,6-10H2,1-5H3. The maximum absolute atomic E-state index is 5.75. The second-order valence-electron chi connectivity index (χ2n) is 6.06. The average Bonchev–Trinajstić information content (AvgIpc) is 2.28. The van der Waals surface area contributed by atoms with Crippen LogP contribution in [0.5, 0.6) is 0 Å². The van der Waals surface area contributed by atoms with Crippen LogP contribution in [-0.4, -0.2) is 25.8 Å². The van der Waals surface area contributed by atoms with E-state index in [2.05, 4.69) is 33.0 Å². The van der Waals surface area contributed by atoms with Crippen LogP contribution in [-0.2, 0) is 4.74 Å². The predicted octanol–water partition coefficient (Wildman–Crippen LogP) is 3.46. The minimum Gasteiger partial charge on any atom is -0.380 e. The molecule has 0 spiro atoms. The van der Waals surface area contributed by atoms with E-state index in [-0.39, 0.29) is 0 Å². The van der Waals surface area contributed by atoms with Crippen molar-refractivity contribution in [3.63, 3.8) is 0 Å². The van der Waals surface area contributed by atoms with Crippen LogP contribution in [0.25, 0.3) is 0 Å². The fourth-order valence-corrected chi connectivity index (χ4v) is 3.43. The summed E-state index contributed by atoms with van der Waals surface area (Å²) < 4.78 is 5.75. The quantitative estimate of drug-likeness (QED) is 0.769. The molecule has 0 radical (unpaired) electrons. The molecule has 2 nitrogen and oxygen atoms in total. The molecule has 1 aliphatic rings. The van der Waals surface area contributed by atoms with Gasteiger partial charge in [-0.3, -0.25) is 0 Å². The second-order valence-corrected chi connectivity index (χ2v) is 6.06. The van der Waals surface area contributed by atoms with E-state index < -0.39 is 0 Å². The minimum atomic E-state index is 0.352. The summed E-state index contributed by atoms with van der Waals surface area (Å²) in [6, 6.07) is 0.535. The third-order valence-electron chi connectivity index (χ3n) is 4.21. The van der Waals surface area contributed by atoms with Crippen LogP contribution < -0.4 is 5.32 Å². The lowest BCUT2D eigenvalue weighted by Crippen LogP contribution is -2.49. The molecule has 1 saturated carbocycles. The largest absolute Gasteiger partial charge is 0.380 e. The van der Waals surface area contributed by atoms with Crippen LogP contribution in [0.15, 0.2) is 0 Å². The third-order valence-corrected chi connectivity index (χ3v) is 4.21. The van der Waals surface area contributed by atoms with Gasteiger partial charge < -0.3 is 10.1 Å². The van der Waals surface area contributed by atoms with Crippen molar-refractivity contribution in [3.8, 4) is 0 Å². The van der Waals surface area contributed by atoms with Gasteiger partial charge >= 0.3 is 0 Å². The SMILES string of the molecule is CCNC(C1CCCC(C)C1)C(OC)C(C)C. The van der Waals surface area contributed by atoms with Crippen LogP contribution in [0.3, 0.4) is 0 Å². The monoisotopic (exact) mass is 241 g/mol. The van der Waals surface area contributed by atoms with Gasteiger partial charge in [0.15, 0.2) is 0 Å². The molecule has 2 heteroatoms. The van der Waals surface area contributed by atoms with Crippen LogP contribution in [0.2, 0.25) is 0 Å². The highest BCUT2D eigenvalue weighted by Gasteiger charge is 2.33. The van der Waals surface area contributed by atoms with Gasteiger partial charge in [0.25, 0.3) is 0 Å². The number of likely N-dealkylation sites (N-methyl/N-ethyl adjacent to an activating group) is 1.